The standard InChI is InChI=1S/C26H19FN6O/c1-14-4-5-20(16-8-18(27)11-19(34)9-16)23-22(7-14)30-26(31-23)24-21-10-17(13-29-25(21)33-32-24)15-3-2-6-28-12-15/h2-6,8-13,34H,7H2,1H3,(H,30,31)(H,29,32,33). The highest BCUT2D eigenvalue weighted by Gasteiger charge is 2.22. The number of nitrogens with one attached hydrogen (secondary N) is 2. The maximum Gasteiger partial charge on any atom is 0.181 e. The number of benzene rings is 1. The van der Waals surface area contributed by atoms with Gasteiger partial charge >= 0.3 is 0 Å². The molecule has 0 saturated carbocycles. The summed E-state index contributed by atoms with van der Waals surface area (Å²) in [6, 6.07) is 9.89. The molecule has 0 aliphatic heterocycles. The Morgan fingerprint density at radius 3 is 2.76 bits per heavy atom. The predicted molar refractivity (Wildman–Crippen MR) is 127 cm³/mol. The van der Waals surface area contributed by atoms with Crippen LogP contribution < -0.4 is 0 Å². The number of phenols is 1. The number of phenolic OH excluding ortho intramolecular Hbond substituents is 1. The van der Waals surface area contributed by atoms with Gasteiger partial charge in [-0.05, 0) is 36.8 Å². The minimum Gasteiger partial charge on any atom is -0.508 e. The van der Waals surface area contributed by atoms with Gasteiger partial charge in [0.15, 0.2) is 11.5 Å². The van der Waals surface area contributed by atoms with E-state index in [1.807, 2.05) is 37.3 Å². The van der Waals surface area contributed by atoms with Crippen LogP contribution in [0.15, 0.2) is 72.7 Å². The molecule has 0 atom stereocenters. The van der Waals surface area contributed by atoms with E-state index in [2.05, 4.69) is 25.1 Å². The first-order chi connectivity index (χ1) is 16.5. The average Bonchev–Trinajstić information content (AvgIpc) is 3.39. The molecule has 1 aliphatic rings. The Balaban J connectivity index is 1.49. The smallest absolute Gasteiger partial charge is 0.181 e. The van der Waals surface area contributed by atoms with E-state index in [4.69, 9.17) is 4.98 Å². The second-order valence-corrected chi connectivity index (χ2v) is 8.32. The highest BCUT2D eigenvalue weighted by atomic mass is 19.1. The molecule has 6 rings (SSSR count). The lowest BCUT2D eigenvalue weighted by atomic mass is 10.0. The molecule has 1 aliphatic carbocycles. The Hall–Kier alpha value is -4.59. The van der Waals surface area contributed by atoms with Gasteiger partial charge in [0.25, 0.3) is 0 Å². The molecule has 8 heteroatoms. The quantitative estimate of drug-likeness (QED) is 0.351. The van der Waals surface area contributed by atoms with Crippen molar-refractivity contribution in [2.24, 2.45) is 0 Å². The van der Waals surface area contributed by atoms with Crippen LogP contribution in [0.5, 0.6) is 5.75 Å². The highest BCUT2D eigenvalue weighted by Crippen LogP contribution is 2.34. The van der Waals surface area contributed by atoms with Crippen molar-refractivity contribution in [1.29, 1.82) is 0 Å². The minimum absolute atomic E-state index is 0.133. The van der Waals surface area contributed by atoms with Crippen LogP contribution in [0.2, 0.25) is 0 Å². The summed E-state index contributed by atoms with van der Waals surface area (Å²) in [6.07, 6.45) is 9.85. The zero-order chi connectivity index (χ0) is 23.2. The van der Waals surface area contributed by atoms with Gasteiger partial charge in [0.1, 0.15) is 17.3 Å². The molecule has 0 amide bonds. The molecular weight excluding hydrogens is 431 g/mol. The fourth-order valence-electron chi connectivity index (χ4n) is 4.25. The summed E-state index contributed by atoms with van der Waals surface area (Å²) in [5, 5.41) is 18.2. The molecule has 0 radical (unpaired) electrons. The topological polar surface area (TPSA) is 103 Å². The van der Waals surface area contributed by atoms with Gasteiger partial charge in [0.2, 0.25) is 0 Å². The third-order valence-corrected chi connectivity index (χ3v) is 5.86. The number of H-pyrrole nitrogens is 2. The van der Waals surface area contributed by atoms with Crippen molar-refractivity contribution >= 4 is 16.6 Å². The van der Waals surface area contributed by atoms with E-state index in [9.17, 15) is 9.50 Å². The Morgan fingerprint density at radius 2 is 1.94 bits per heavy atom. The fraction of sp³-hybridized carbons (Fsp3) is 0.0769. The molecule has 166 valence electrons. The number of aromatic nitrogens is 6. The number of allylic oxidation sites excluding steroid dienone is 3. The maximum atomic E-state index is 14.1. The van der Waals surface area contributed by atoms with Crippen molar-refractivity contribution in [1.82, 2.24) is 30.1 Å². The fourth-order valence-corrected chi connectivity index (χ4v) is 4.25. The van der Waals surface area contributed by atoms with Crippen LogP contribution in [0.1, 0.15) is 23.9 Å². The Morgan fingerprint density at radius 1 is 1.03 bits per heavy atom. The number of nitrogens with zero attached hydrogens (tertiary/aromatic N) is 4. The third-order valence-electron chi connectivity index (χ3n) is 5.86. The number of fused-ring (bicyclic) bond motifs is 2. The molecule has 5 aromatic rings. The van der Waals surface area contributed by atoms with Crippen LogP contribution in [-0.4, -0.2) is 35.2 Å². The number of hydrogen-bond donors (Lipinski definition) is 3. The summed E-state index contributed by atoms with van der Waals surface area (Å²) < 4.78 is 14.1. The lowest BCUT2D eigenvalue weighted by Crippen LogP contribution is -1.94. The monoisotopic (exact) mass is 450 g/mol. The predicted octanol–water partition coefficient (Wildman–Crippen LogP) is 5.19. The van der Waals surface area contributed by atoms with Crippen LogP contribution in [-0.2, 0) is 6.42 Å². The summed E-state index contributed by atoms with van der Waals surface area (Å²) >= 11 is 0. The molecule has 0 unspecified atom stereocenters. The van der Waals surface area contributed by atoms with E-state index >= 15 is 0 Å². The first kappa shape index (κ1) is 20.0. The molecule has 7 nitrogen and oxygen atoms in total. The first-order valence-electron chi connectivity index (χ1n) is 10.8. The van der Waals surface area contributed by atoms with Crippen molar-refractivity contribution < 1.29 is 9.50 Å². The average molecular weight is 450 g/mol. The number of halogens is 1. The van der Waals surface area contributed by atoms with Crippen LogP contribution >= 0.6 is 0 Å². The molecule has 0 fully saturated rings. The van der Waals surface area contributed by atoms with Gasteiger partial charge in [0.05, 0.1) is 11.1 Å². The van der Waals surface area contributed by atoms with Crippen LogP contribution in [0.25, 0.3) is 39.3 Å². The largest absolute Gasteiger partial charge is 0.508 e. The van der Waals surface area contributed by atoms with Crippen LogP contribution in [0.4, 0.5) is 4.39 Å². The molecule has 1 aromatic carbocycles. The molecule has 0 spiro atoms. The van der Waals surface area contributed by atoms with Gasteiger partial charge < -0.3 is 10.1 Å². The minimum atomic E-state index is -0.508. The molecule has 34 heavy (non-hydrogen) atoms. The molecule has 0 saturated heterocycles. The van der Waals surface area contributed by atoms with Crippen molar-refractivity contribution in [3.8, 4) is 28.4 Å². The Kier molecular flexibility index (Phi) is 4.58. The van der Waals surface area contributed by atoms with E-state index in [1.54, 1.807) is 18.6 Å². The second-order valence-electron chi connectivity index (χ2n) is 8.32. The van der Waals surface area contributed by atoms with Crippen molar-refractivity contribution in [3.05, 3.63) is 95.5 Å². The molecule has 4 heterocycles. The zero-order valence-corrected chi connectivity index (χ0v) is 18.2. The Labute approximate surface area is 193 Å². The van der Waals surface area contributed by atoms with E-state index < -0.39 is 5.82 Å². The third kappa shape index (κ3) is 3.45. The lowest BCUT2D eigenvalue weighted by molar-refractivity contribution is 0.469. The molecular formula is C26H19FN6O. The number of pyridine rings is 2. The normalized spacial score (nSPS) is 13.4. The van der Waals surface area contributed by atoms with Crippen molar-refractivity contribution in [2.75, 3.05) is 0 Å². The molecule has 4 aromatic heterocycles. The SMILES string of the molecule is CC1=CC=C(c2cc(O)cc(F)c2)c2nc(-c3[nH]nc4ncc(-c5cccnc5)cc34)[nH]c2C1. The van der Waals surface area contributed by atoms with Gasteiger partial charge in [0, 0.05) is 53.5 Å². The molecule has 3 N–H and O–H groups in total. The number of aromatic hydroxyl groups is 1. The maximum absolute atomic E-state index is 14.1. The highest BCUT2D eigenvalue weighted by molar-refractivity contribution is 5.92. The number of aromatic amines is 2. The number of hydrogen-bond acceptors (Lipinski definition) is 5. The van der Waals surface area contributed by atoms with Gasteiger partial charge in [-0.1, -0.05) is 23.8 Å². The van der Waals surface area contributed by atoms with Gasteiger partial charge in [-0.3, -0.25) is 10.1 Å². The second kappa shape index (κ2) is 7.77. The summed E-state index contributed by atoms with van der Waals surface area (Å²) in [7, 11) is 0. The first-order valence-corrected chi connectivity index (χ1v) is 10.8. The van der Waals surface area contributed by atoms with E-state index in [0.29, 0.717) is 34.8 Å². The number of imidazole rings is 1. The molecule has 0 bridgehead atoms. The van der Waals surface area contributed by atoms with Crippen molar-refractivity contribution in [3.63, 3.8) is 0 Å². The summed E-state index contributed by atoms with van der Waals surface area (Å²) in [5.74, 6) is -0.0303. The summed E-state index contributed by atoms with van der Waals surface area (Å²) in [5.41, 5.74) is 7.17. The van der Waals surface area contributed by atoms with Crippen LogP contribution in [0, 0.1) is 5.82 Å². The van der Waals surface area contributed by atoms with E-state index in [0.717, 1.165) is 39.4 Å². The zero-order valence-electron chi connectivity index (χ0n) is 18.2. The van der Waals surface area contributed by atoms with Crippen LogP contribution in [0.3, 0.4) is 0 Å². The Bertz CT molecular complexity index is 1590. The van der Waals surface area contributed by atoms with Gasteiger partial charge in [-0.2, -0.15) is 5.10 Å². The van der Waals surface area contributed by atoms with Gasteiger partial charge in [-0.15, -0.1) is 0 Å². The van der Waals surface area contributed by atoms with E-state index in [1.165, 1.54) is 12.1 Å². The summed E-state index contributed by atoms with van der Waals surface area (Å²) in [4.78, 5) is 17.0. The number of rotatable bonds is 3. The van der Waals surface area contributed by atoms with E-state index in [-0.39, 0.29) is 5.75 Å². The lowest BCUT2D eigenvalue weighted by Gasteiger charge is -2.07. The summed E-state index contributed by atoms with van der Waals surface area (Å²) in [6.45, 7) is 2.03. The van der Waals surface area contributed by atoms with Gasteiger partial charge in [-0.25, -0.2) is 14.4 Å². The van der Waals surface area contributed by atoms with Crippen molar-refractivity contribution in [2.45, 2.75) is 13.3 Å².